The van der Waals surface area contributed by atoms with Crippen LogP contribution in [-0.2, 0) is 0 Å². The molecule has 16 aromatic rings. The second-order valence-corrected chi connectivity index (χ2v) is 21.5. The Morgan fingerprint density at radius 2 is 0.635 bits per heavy atom. The van der Waals surface area contributed by atoms with Crippen molar-refractivity contribution < 1.29 is 0 Å². The van der Waals surface area contributed by atoms with Crippen molar-refractivity contribution in [2.24, 2.45) is 0 Å². The van der Waals surface area contributed by atoms with Gasteiger partial charge in [0.15, 0.2) is 5.82 Å². The van der Waals surface area contributed by atoms with E-state index in [1.807, 2.05) is 24.3 Å². The molecule has 0 fully saturated rings. The fourth-order valence-electron chi connectivity index (χ4n) is 13.0. The maximum atomic E-state index is 10.1. The fraction of sp³-hybridized carbons (Fsp3) is 0. The molecule has 12 aromatic carbocycles. The van der Waals surface area contributed by atoms with Crippen LogP contribution in [0.5, 0.6) is 0 Å². The van der Waals surface area contributed by atoms with Crippen molar-refractivity contribution in [1.82, 2.24) is 23.7 Å². The number of hydrogen-bond donors (Lipinski definition) is 0. The summed E-state index contributed by atoms with van der Waals surface area (Å²) >= 11 is 0. The van der Waals surface area contributed by atoms with Gasteiger partial charge in [0.25, 0.3) is 0 Å². The molecule has 0 unspecified atom stereocenters. The number of nitrogens with zero attached hydrogens (tertiary/aromatic N) is 7. The van der Waals surface area contributed by atoms with Gasteiger partial charge in [0.05, 0.1) is 84.8 Å². The Balaban J connectivity index is 1.09. The standard InChI is InChI=1S/C78H47N7/c79-48-50-41-51(49-80)43-55(42-50)54-39-40-76-64(44-54)61-29-11-20-38-75(61)85(76)77-65(62-30-12-18-36-73(62)83-69-32-14-7-25-57(69)58-26-8-15-33-70(58)83)45-56(78-81-67(52-21-3-1-4-22-52)47-68(82-78)53-23-5-2-6-24-53)46-66(77)63-31-13-19-37-74(63)84-71-34-16-9-27-59(71)60-28-10-17-35-72(60)84/h1-47H. The van der Waals surface area contributed by atoms with Crippen molar-refractivity contribution in [2.45, 2.75) is 0 Å². The van der Waals surface area contributed by atoms with E-state index >= 15 is 0 Å². The Bertz CT molecular complexity index is 5080. The van der Waals surface area contributed by atoms with Crippen molar-refractivity contribution in [2.75, 3.05) is 0 Å². The van der Waals surface area contributed by atoms with Crippen LogP contribution >= 0.6 is 0 Å². The second-order valence-electron chi connectivity index (χ2n) is 21.5. The van der Waals surface area contributed by atoms with Crippen LogP contribution in [0.1, 0.15) is 11.1 Å². The molecule has 0 N–H and O–H groups in total. The van der Waals surface area contributed by atoms with Gasteiger partial charge in [0, 0.05) is 71.3 Å². The van der Waals surface area contributed by atoms with Gasteiger partial charge in [0.1, 0.15) is 0 Å². The maximum absolute atomic E-state index is 10.1. The van der Waals surface area contributed by atoms with Gasteiger partial charge in [-0.2, -0.15) is 10.5 Å². The summed E-state index contributed by atoms with van der Waals surface area (Å²) in [4.78, 5) is 11.1. The highest BCUT2D eigenvalue weighted by atomic mass is 15.0. The SMILES string of the molecule is N#Cc1cc(C#N)cc(-c2ccc3c(c2)c2ccccc2n3-c2c(-c3ccccc3-n3c4ccccc4c4ccccc43)cc(-c3nc(-c4ccccc4)cc(-c4ccccc4)n3)cc2-c2ccccc2-n2c3ccccc3c3ccccc32)c1. The lowest BCUT2D eigenvalue weighted by Gasteiger charge is -2.24. The quantitative estimate of drug-likeness (QED) is 0.144. The van der Waals surface area contributed by atoms with Gasteiger partial charge in [0.2, 0.25) is 0 Å². The van der Waals surface area contributed by atoms with Crippen LogP contribution in [0, 0.1) is 22.7 Å². The van der Waals surface area contributed by atoms with E-state index in [2.05, 4.69) is 281 Å². The van der Waals surface area contributed by atoms with Crippen LogP contribution in [0.3, 0.4) is 0 Å². The first-order chi connectivity index (χ1) is 42.1. The third kappa shape index (κ3) is 8.03. The molecule has 16 rings (SSSR count). The Kier molecular flexibility index (Phi) is 11.5. The van der Waals surface area contributed by atoms with Gasteiger partial charge in [-0.15, -0.1) is 0 Å². The summed E-state index contributed by atoms with van der Waals surface area (Å²) in [7, 11) is 0. The lowest BCUT2D eigenvalue weighted by Crippen LogP contribution is -2.06. The van der Waals surface area contributed by atoms with Crippen LogP contribution in [0.2, 0.25) is 0 Å². The Labute approximate surface area is 489 Å². The number of benzene rings is 12. The molecule has 0 bridgehead atoms. The average molecular weight is 1080 g/mol. The number of nitriles is 2. The normalized spacial score (nSPS) is 11.5. The summed E-state index contributed by atoms with van der Waals surface area (Å²) in [5.74, 6) is 0.584. The van der Waals surface area contributed by atoms with E-state index in [4.69, 9.17) is 9.97 Å². The molecular weight excluding hydrogens is 1030 g/mol. The largest absolute Gasteiger partial charge is 0.309 e. The second kappa shape index (κ2) is 20.0. The van der Waals surface area contributed by atoms with Gasteiger partial charge in [-0.25, -0.2) is 9.97 Å². The lowest BCUT2D eigenvalue weighted by molar-refractivity contribution is 1.15. The number of fused-ring (bicyclic) bond motifs is 9. The average Bonchev–Trinajstić information content (AvgIpc) is 2.42. The minimum absolute atomic E-state index is 0.434. The van der Waals surface area contributed by atoms with Crippen molar-refractivity contribution in [1.29, 1.82) is 10.5 Å². The Morgan fingerprint density at radius 3 is 1.08 bits per heavy atom. The molecule has 0 radical (unpaired) electrons. The first-order valence-electron chi connectivity index (χ1n) is 28.4. The zero-order valence-corrected chi connectivity index (χ0v) is 45.8. The molecule has 0 aliphatic carbocycles. The predicted octanol–water partition coefficient (Wildman–Crippen LogP) is 19.5. The van der Waals surface area contributed by atoms with E-state index in [0.29, 0.717) is 17.0 Å². The molecule has 7 nitrogen and oxygen atoms in total. The van der Waals surface area contributed by atoms with Crippen molar-refractivity contribution >= 4 is 65.4 Å². The van der Waals surface area contributed by atoms with Crippen LogP contribution in [0.25, 0.3) is 150 Å². The molecule has 0 spiro atoms. The number of aromatic nitrogens is 5. The molecule has 85 heavy (non-hydrogen) atoms. The van der Waals surface area contributed by atoms with E-state index in [1.165, 1.54) is 21.5 Å². The molecule has 0 aliphatic rings. The van der Waals surface area contributed by atoms with E-state index in [-0.39, 0.29) is 0 Å². The topological polar surface area (TPSA) is 88.2 Å². The number of para-hydroxylation sites is 7. The molecule has 0 atom stereocenters. The van der Waals surface area contributed by atoms with Gasteiger partial charge < -0.3 is 13.7 Å². The van der Waals surface area contributed by atoms with E-state index in [9.17, 15) is 10.5 Å². The number of hydrogen-bond acceptors (Lipinski definition) is 4. The van der Waals surface area contributed by atoms with E-state index < -0.39 is 0 Å². The van der Waals surface area contributed by atoms with E-state index in [0.717, 1.165) is 122 Å². The maximum Gasteiger partial charge on any atom is 0.160 e. The summed E-state index contributed by atoms with van der Waals surface area (Å²) in [6.07, 6.45) is 0. The van der Waals surface area contributed by atoms with Gasteiger partial charge in [-0.3, -0.25) is 0 Å². The van der Waals surface area contributed by atoms with Crippen molar-refractivity contribution in [3.63, 3.8) is 0 Å². The van der Waals surface area contributed by atoms with Crippen molar-refractivity contribution in [3.8, 4) is 96.5 Å². The zero-order chi connectivity index (χ0) is 56.5. The minimum atomic E-state index is 0.434. The molecule has 0 amide bonds. The minimum Gasteiger partial charge on any atom is -0.309 e. The Morgan fingerprint density at radius 1 is 0.259 bits per heavy atom. The van der Waals surface area contributed by atoms with Gasteiger partial charge in [-0.1, -0.05) is 194 Å². The molecule has 7 heteroatoms. The Hall–Kier alpha value is -11.9. The molecule has 0 saturated heterocycles. The van der Waals surface area contributed by atoms with Crippen LogP contribution in [0.4, 0.5) is 0 Å². The van der Waals surface area contributed by atoms with Crippen LogP contribution < -0.4 is 0 Å². The predicted molar refractivity (Wildman–Crippen MR) is 347 cm³/mol. The first kappa shape index (κ1) is 49.0. The van der Waals surface area contributed by atoms with Crippen LogP contribution in [-0.4, -0.2) is 23.7 Å². The summed E-state index contributed by atoms with van der Waals surface area (Å²) in [6.45, 7) is 0. The number of rotatable bonds is 9. The highest BCUT2D eigenvalue weighted by molar-refractivity contribution is 6.14. The molecule has 4 heterocycles. The molecular formula is C78H47N7. The highest BCUT2D eigenvalue weighted by Gasteiger charge is 2.28. The third-order valence-electron chi connectivity index (χ3n) is 16.7. The van der Waals surface area contributed by atoms with Crippen molar-refractivity contribution in [3.05, 3.63) is 296 Å². The molecule has 0 saturated carbocycles. The van der Waals surface area contributed by atoms with E-state index in [1.54, 1.807) is 6.07 Å². The summed E-state index contributed by atoms with van der Waals surface area (Å²) < 4.78 is 7.30. The highest BCUT2D eigenvalue weighted by Crippen LogP contribution is 2.49. The first-order valence-corrected chi connectivity index (χ1v) is 28.4. The molecule has 394 valence electrons. The molecule has 4 aromatic heterocycles. The summed E-state index contributed by atoms with van der Waals surface area (Å²) in [5.41, 5.74) is 20.3. The molecule has 0 aliphatic heterocycles. The monoisotopic (exact) mass is 1080 g/mol. The summed E-state index contributed by atoms with van der Waals surface area (Å²) in [6, 6.07) is 105. The lowest BCUT2D eigenvalue weighted by atomic mass is 9.90. The fourth-order valence-corrected chi connectivity index (χ4v) is 13.0. The zero-order valence-electron chi connectivity index (χ0n) is 45.8. The summed E-state index contributed by atoms with van der Waals surface area (Å²) in [5, 5.41) is 27.0. The van der Waals surface area contributed by atoms with Crippen LogP contribution in [0.15, 0.2) is 285 Å². The van der Waals surface area contributed by atoms with Gasteiger partial charge in [-0.05, 0) is 102 Å². The third-order valence-corrected chi connectivity index (χ3v) is 16.7. The smallest absolute Gasteiger partial charge is 0.160 e. The van der Waals surface area contributed by atoms with Gasteiger partial charge >= 0.3 is 0 Å².